The van der Waals surface area contributed by atoms with Gasteiger partial charge in [0.05, 0.1) is 23.2 Å². The highest BCUT2D eigenvalue weighted by Crippen LogP contribution is 2.36. The standard InChI is InChI=1S/C24H20N4O4S2/c29-22(12-17-13-26-28(14-17)18-4-2-1-3-5-18)25-8-9-27-23(30)21(34-24(27)33)11-16-6-7-19-20(10-16)32-15-31-19/h1-7,10-11,13-14H,8-9,12,15H2,(H,25,29)/b21-11-. The number of benzene rings is 2. The third-order valence-corrected chi connectivity index (χ3v) is 6.62. The Morgan fingerprint density at radius 3 is 2.85 bits per heavy atom. The van der Waals surface area contributed by atoms with Crippen LogP contribution in [0.5, 0.6) is 11.5 Å². The number of carbonyl (C=O) groups is 2. The molecule has 1 saturated heterocycles. The molecule has 1 N–H and O–H groups in total. The van der Waals surface area contributed by atoms with E-state index in [1.807, 2.05) is 54.7 Å². The van der Waals surface area contributed by atoms with Gasteiger partial charge in [-0.1, -0.05) is 48.2 Å². The lowest BCUT2D eigenvalue weighted by molar-refractivity contribution is -0.123. The normalized spacial score (nSPS) is 15.9. The maximum Gasteiger partial charge on any atom is 0.266 e. The van der Waals surface area contributed by atoms with Gasteiger partial charge in [-0.15, -0.1) is 0 Å². The van der Waals surface area contributed by atoms with E-state index < -0.39 is 0 Å². The maximum absolute atomic E-state index is 12.8. The second-order valence-electron chi connectivity index (χ2n) is 7.60. The first-order valence-corrected chi connectivity index (χ1v) is 11.8. The van der Waals surface area contributed by atoms with Crippen molar-refractivity contribution in [3.8, 4) is 17.2 Å². The number of hydrogen-bond acceptors (Lipinski definition) is 7. The fraction of sp³-hybridized carbons (Fsp3) is 0.167. The van der Waals surface area contributed by atoms with Gasteiger partial charge in [-0.05, 0) is 41.5 Å². The molecule has 0 aliphatic carbocycles. The first-order valence-electron chi connectivity index (χ1n) is 10.6. The van der Waals surface area contributed by atoms with Crippen molar-refractivity contribution >= 4 is 46.2 Å². The van der Waals surface area contributed by atoms with Gasteiger partial charge in [-0.3, -0.25) is 14.5 Å². The minimum atomic E-state index is -0.175. The topological polar surface area (TPSA) is 85.7 Å². The largest absolute Gasteiger partial charge is 0.454 e. The molecule has 0 bridgehead atoms. The highest BCUT2D eigenvalue weighted by molar-refractivity contribution is 8.26. The number of hydrogen-bond donors (Lipinski definition) is 1. The van der Waals surface area contributed by atoms with E-state index in [4.69, 9.17) is 21.7 Å². The number of aromatic nitrogens is 2. The van der Waals surface area contributed by atoms with Crippen LogP contribution >= 0.6 is 24.0 Å². The number of rotatable bonds is 7. The number of ether oxygens (including phenoxy) is 2. The summed E-state index contributed by atoms with van der Waals surface area (Å²) in [5, 5.41) is 7.16. The summed E-state index contributed by atoms with van der Waals surface area (Å²) in [6.07, 6.45) is 5.49. The summed E-state index contributed by atoms with van der Waals surface area (Å²) in [4.78, 5) is 27.2. The van der Waals surface area contributed by atoms with E-state index in [9.17, 15) is 9.59 Å². The summed E-state index contributed by atoms with van der Waals surface area (Å²) < 4.78 is 12.9. The van der Waals surface area contributed by atoms with Crippen molar-refractivity contribution in [1.29, 1.82) is 0 Å². The lowest BCUT2D eigenvalue weighted by atomic mass is 10.2. The number of para-hydroxylation sites is 1. The summed E-state index contributed by atoms with van der Waals surface area (Å²) in [7, 11) is 0. The molecule has 2 aliphatic heterocycles. The van der Waals surface area contributed by atoms with Gasteiger partial charge in [0.2, 0.25) is 12.7 Å². The lowest BCUT2D eigenvalue weighted by Crippen LogP contribution is -2.37. The fourth-order valence-corrected chi connectivity index (χ4v) is 4.88. The molecule has 5 rings (SSSR count). The van der Waals surface area contributed by atoms with Crippen LogP contribution in [0.3, 0.4) is 0 Å². The minimum absolute atomic E-state index is 0.144. The smallest absolute Gasteiger partial charge is 0.266 e. The van der Waals surface area contributed by atoms with Crippen LogP contribution in [0.25, 0.3) is 11.8 Å². The van der Waals surface area contributed by atoms with Crippen molar-refractivity contribution in [2.24, 2.45) is 0 Å². The predicted molar refractivity (Wildman–Crippen MR) is 133 cm³/mol. The van der Waals surface area contributed by atoms with E-state index >= 15 is 0 Å². The third-order valence-electron chi connectivity index (χ3n) is 5.25. The van der Waals surface area contributed by atoms with E-state index in [2.05, 4.69) is 10.4 Å². The molecule has 3 heterocycles. The van der Waals surface area contributed by atoms with E-state index in [-0.39, 0.29) is 25.0 Å². The highest BCUT2D eigenvalue weighted by Gasteiger charge is 2.31. The molecule has 0 unspecified atom stereocenters. The monoisotopic (exact) mass is 492 g/mol. The Morgan fingerprint density at radius 2 is 2.00 bits per heavy atom. The number of nitrogens with zero attached hydrogens (tertiary/aromatic N) is 3. The maximum atomic E-state index is 12.8. The molecule has 2 aromatic carbocycles. The first kappa shape index (κ1) is 22.2. The Morgan fingerprint density at radius 1 is 1.18 bits per heavy atom. The minimum Gasteiger partial charge on any atom is -0.454 e. The van der Waals surface area contributed by atoms with Crippen LogP contribution in [0.2, 0.25) is 0 Å². The molecule has 0 atom stereocenters. The van der Waals surface area contributed by atoms with Gasteiger partial charge in [0.1, 0.15) is 4.32 Å². The number of fused-ring (bicyclic) bond motifs is 1. The molecule has 34 heavy (non-hydrogen) atoms. The van der Waals surface area contributed by atoms with Gasteiger partial charge in [0.25, 0.3) is 5.91 Å². The van der Waals surface area contributed by atoms with E-state index in [1.54, 1.807) is 17.0 Å². The first-order chi connectivity index (χ1) is 16.6. The van der Waals surface area contributed by atoms with Crippen molar-refractivity contribution < 1.29 is 19.1 Å². The van der Waals surface area contributed by atoms with Crippen LogP contribution < -0.4 is 14.8 Å². The van der Waals surface area contributed by atoms with E-state index in [1.165, 1.54) is 16.7 Å². The van der Waals surface area contributed by atoms with Crippen LogP contribution in [-0.2, 0) is 16.0 Å². The lowest BCUT2D eigenvalue weighted by Gasteiger charge is -2.14. The summed E-state index contributed by atoms with van der Waals surface area (Å²) >= 11 is 6.63. The van der Waals surface area contributed by atoms with Crippen molar-refractivity contribution in [1.82, 2.24) is 20.0 Å². The predicted octanol–water partition coefficient (Wildman–Crippen LogP) is 3.16. The van der Waals surface area contributed by atoms with Crippen molar-refractivity contribution in [3.05, 3.63) is 77.0 Å². The summed E-state index contributed by atoms with van der Waals surface area (Å²) in [6.45, 7) is 0.801. The molecule has 1 aromatic heterocycles. The SMILES string of the molecule is O=C(Cc1cnn(-c2ccccc2)c1)NCCN1C(=O)/C(=C/c2ccc3c(c2)OCO3)SC1=S. The van der Waals surface area contributed by atoms with E-state index in [0.29, 0.717) is 33.8 Å². The van der Waals surface area contributed by atoms with Gasteiger partial charge in [-0.2, -0.15) is 5.10 Å². The summed E-state index contributed by atoms with van der Waals surface area (Å²) in [5.41, 5.74) is 2.56. The van der Waals surface area contributed by atoms with Gasteiger partial charge in [-0.25, -0.2) is 4.68 Å². The fourth-order valence-electron chi connectivity index (χ4n) is 3.58. The molecular formula is C24H20N4O4S2. The van der Waals surface area contributed by atoms with Gasteiger partial charge < -0.3 is 14.8 Å². The molecule has 0 spiro atoms. The van der Waals surface area contributed by atoms with Gasteiger partial charge in [0, 0.05) is 19.3 Å². The Labute approximate surface area is 205 Å². The van der Waals surface area contributed by atoms with E-state index in [0.717, 1.165) is 16.8 Å². The van der Waals surface area contributed by atoms with Crippen molar-refractivity contribution in [3.63, 3.8) is 0 Å². The number of thiocarbonyl (C=S) groups is 1. The Balaban J connectivity index is 1.13. The average molecular weight is 493 g/mol. The quantitative estimate of drug-likeness (QED) is 0.401. The molecule has 2 amide bonds. The molecule has 2 aliphatic rings. The third kappa shape index (κ3) is 4.82. The summed E-state index contributed by atoms with van der Waals surface area (Å²) in [5.74, 6) is 1.02. The van der Waals surface area contributed by atoms with Crippen LogP contribution in [0, 0.1) is 0 Å². The molecule has 3 aromatic rings. The molecular weight excluding hydrogens is 472 g/mol. The molecule has 8 nitrogen and oxygen atoms in total. The molecule has 172 valence electrons. The second-order valence-corrected chi connectivity index (χ2v) is 9.28. The number of nitrogens with one attached hydrogen (secondary N) is 1. The second kappa shape index (κ2) is 9.70. The van der Waals surface area contributed by atoms with Crippen LogP contribution in [0.4, 0.5) is 0 Å². The Hall–Kier alpha value is -3.63. The molecule has 0 radical (unpaired) electrons. The zero-order valence-corrected chi connectivity index (χ0v) is 19.6. The molecule has 10 heteroatoms. The van der Waals surface area contributed by atoms with Crippen LogP contribution in [0.1, 0.15) is 11.1 Å². The molecule has 0 saturated carbocycles. The Bertz CT molecular complexity index is 1290. The number of amides is 2. The van der Waals surface area contributed by atoms with Crippen LogP contribution in [0.15, 0.2) is 65.8 Å². The average Bonchev–Trinajstić information content (AvgIpc) is 3.56. The zero-order valence-electron chi connectivity index (χ0n) is 18.0. The van der Waals surface area contributed by atoms with Gasteiger partial charge >= 0.3 is 0 Å². The van der Waals surface area contributed by atoms with Crippen LogP contribution in [-0.4, -0.2) is 50.7 Å². The van der Waals surface area contributed by atoms with Crippen molar-refractivity contribution in [2.45, 2.75) is 6.42 Å². The highest BCUT2D eigenvalue weighted by atomic mass is 32.2. The number of thioether (sulfide) groups is 1. The summed E-state index contributed by atoms with van der Waals surface area (Å²) in [6, 6.07) is 15.2. The zero-order chi connectivity index (χ0) is 23.5. The molecule has 1 fully saturated rings. The van der Waals surface area contributed by atoms with Crippen molar-refractivity contribution in [2.75, 3.05) is 19.9 Å². The Kier molecular flexibility index (Phi) is 6.33. The number of carbonyl (C=O) groups excluding carboxylic acids is 2. The van der Waals surface area contributed by atoms with Gasteiger partial charge in [0.15, 0.2) is 11.5 Å².